The Balaban J connectivity index is 1.61. The molecule has 1 saturated heterocycles. The minimum absolute atomic E-state index is 0.719. The summed E-state index contributed by atoms with van der Waals surface area (Å²) in [6.45, 7) is 9.12. The smallest absolute Gasteiger partial charge is 0.0240 e. The number of hydrogen-bond acceptors (Lipinski definition) is 2. The van der Waals surface area contributed by atoms with E-state index in [1.165, 1.54) is 36.9 Å². The van der Waals surface area contributed by atoms with E-state index >= 15 is 0 Å². The first-order valence-electron chi connectivity index (χ1n) is 8.24. The van der Waals surface area contributed by atoms with E-state index in [-0.39, 0.29) is 0 Å². The summed E-state index contributed by atoms with van der Waals surface area (Å²) in [5, 5.41) is 3.58. The Morgan fingerprint density at radius 2 is 2.00 bits per heavy atom. The molecule has 0 spiro atoms. The molecule has 110 valence electrons. The average molecular weight is 272 g/mol. The van der Waals surface area contributed by atoms with Crippen molar-refractivity contribution in [2.45, 2.75) is 52.2 Å². The van der Waals surface area contributed by atoms with Gasteiger partial charge in [-0.2, -0.15) is 0 Å². The van der Waals surface area contributed by atoms with Gasteiger partial charge in [0.05, 0.1) is 0 Å². The second kappa shape index (κ2) is 6.28. The number of nitrogens with one attached hydrogen (secondary N) is 1. The maximum absolute atomic E-state index is 3.58. The van der Waals surface area contributed by atoms with Crippen LogP contribution in [0.15, 0.2) is 24.3 Å². The number of piperidine rings is 1. The monoisotopic (exact) mass is 272 g/mol. The summed E-state index contributed by atoms with van der Waals surface area (Å²) in [6.07, 6.45) is 4.35. The molecule has 2 atom stereocenters. The number of likely N-dealkylation sites (tertiary alicyclic amines) is 1. The first-order chi connectivity index (χ1) is 9.72. The molecular weight excluding hydrogens is 244 g/mol. The van der Waals surface area contributed by atoms with Crippen LogP contribution in [0.25, 0.3) is 0 Å². The van der Waals surface area contributed by atoms with Crippen LogP contribution in [0.3, 0.4) is 0 Å². The minimum atomic E-state index is 0.719. The lowest BCUT2D eigenvalue weighted by molar-refractivity contribution is 0.204. The van der Waals surface area contributed by atoms with Gasteiger partial charge in [-0.15, -0.1) is 0 Å². The average Bonchev–Trinajstić information content (AvgIpc) is 3.02. The highest BCUT2D eigenvalue weighted by Gasteiger charge is 2.37. The van der Waals surface area contributed by atoms with Crippen molar-refractivity contribution in [2.75, 3.05) is 13.1 Å². The second-order valence-corrected chi connectivity index (χ2v) is 7.06. The van der Waals surface area contributed by atoms with Crippen LogP contribution in [0.2, 0.25) is 0 Å². The Kier molecular flexibility index (Phi) is 4.42. The molecular formula is C18H28N2. The van der Waals surface area contributed by atoms with E-state index < -0.39 is 0 Å². The molecule has 1 saturated carbocycles. The Hall–Kier alpha value is -0.860. The first kappa shape index (κ1) is 14.1. The van der Waals surface area contributed by atoms with Crippen LogP contribution in [0.4, 0.5) is 0 Å². The van der Waals surface area contributed by atoms with Gasteiger partial charge in [0.1, 0.15) is 0 Å². The highest BCUT2D eigenvalue weighted by molar-refractivity contribution is 5.27. The molecule has 2 unspecified atom stereocenters. The van der Waals surface area contributed by atoms with Gasteiger partial charge in [0.25, 0.3) is 0 Å². The van der Waals surface area contributed by atoms with E-state index in [9.17, 15) is 0 Å². The van der Waals surface area contributed by atoms with Gasteiger partial charge in [0, 0.05) is 25.7 Å². The molecule has 0 radical (unpaired) electrons. The van der Waals surface area contributed by atoms with Gasteiger partial charge in [0.2, 0.25) is 0 Å². The van der Waals surface area contributed by atoms with Gasteiger partial charge in [-0.3, -0.25) is 4.90 Å². The van der Waals surface area contributed by atoms with Crippen LogP contribution in [0, 0.1) is 11.8 Å². The maximum Gasteiger partial charge on any atom is 0.0240 e. The van der Waals surface area contributed by atoms with Crippen LogP contribution >= 0.6 is 0 Å². The zero-order chi connectivity index (χ0) is 13.9. The van der Waals surface area contributed by atoms with E-state index in [1.54, 1.807) is 0 Å². The summed E-state index contributed by atoms with van der Waals surface area (Å²) in [5.41, 5.74) is 3.01. The van der Waals surface area contributed by atoms with Gasteiger partial charge < -0.3 is 5.32 Å². The second-order valence-electron chi connectivity index (χ2n) is 7.06. The van der Waals surface area contributed by atoms with Crippen molar-refractivity contribution in [2.24, 2.45) is 11.8 Å². The quantitative estimate of drug-likeness (QED) is 0.853. The van der Waals surface area contributed by atoms with Crippen LogP contribution in [0.5, 0.6) is 0 Å². The van der Waals surface area contributed by atoms with E-state index in [0.29, 0.717) is 0 Å². The summed E-state index contributed by atoms with van der Waals surface area (Å²) in [6, 6.07) is 9.84. The highest BCUT2D eigenvalue weighted by Crippen LogP contribution is 2.38. The van der Waals surface area contributed by atoms with Crippen molar-refractivity contribution in [1.82, 2.24) is 10.2 Å². The third-order valence-corrected chi connectivity index (χ3v) is 4.88. The molecule has 1 aromatic carbocycles. The maximum atomic E-state index is 3.58. The van der Waals surface area contributed by atoms with Gasteiger partial charge in [-0.25, -0.2) is 0 Å². The van der Waals surface area contributed by atoms with Crippen molar-refractivity contribution in [3.63, 3.8) is 0 Å². The molecule has 1 N–H and O–H groups in total. The number of benzene rings is 1. The largest absolute Gasteiger partial charge is 0.312 e. The summed E-state index contributed by atoms with van der Waals surface area (Å²) in [7, 11) is 0. The predicted octanol–water partition coefficient (Wildman–Crippen LogP) is 3.42. The highest BCUT2D eigenvalue weighted by atomic mass is 15.2. The lowest BCUT2D eigenvalue weighted by Gasteiger charge is -2.27. The number of rotatable bonds is 6. The molecule has 1 aliphatic carbocycles. The third-order valence-electron chi connectivity index (χ3n) is 4.88. The van der Waals surface area contributed by atoms with Crippen LogP contribution in [-0.2, 0) is 13.1 Å². The minimum Gasteiger partial charge on any atom is -0.312 e. The molecule has 2 fully saturated rings. The first-order valence-corrected chi connectivity index (χ1v) is 8.24. The number of fused-ring (bicyclic) bond motifs is 2. The molecule has 2 nitrogen and oxygen atoms in total. The topological polar surface area (TPSA) is 15.3 Å². The standard InChI is InChI=1S/C18H28N2/c1-14(2)10-19-11-16-5-3-4-6-17(16)13-20-12-15-7-8-18(20)9-15/h3-6,14-15,18-19H,7-13H2,1-2H3. The molecule has 20 heavy (non-hydrogen) atoms. The molecule has 2 bridgehead atoms. The SMILES string of the molecule is CC(C)CNCc1ccccc1CN1CC2CCC1C2. The Bertz CT molecular complexity index is 441. The molecule has 1 aliphatic heterocycles. The summed E-state index contributed by atoms with van der Waals surface area (Å²) in [5.74, 6) is 1.71. The zero-order valence-corrected chi connectivity index (χ0v) is 12.9. The predicted molar refractivity (Wildman–Crippen MR) is 84.5 cm³/mol. The molecule has 2 heteroatoms. The molecule has 3 rings (SSSR count). The molecule has 0 amide bonds. The number of nitrogens with zero attached hydrogens (tertiary/aromatic N) is 1. The summed E-state index contributed by atoms with van der Waals surface area (Å²) >= 11 is 0. The van der Waals surface area contributed by atoms with Gasteiger partial charge in [-0.1, -0.05) is 38.1 Å². The fourth-order valence-corrected chi connectivity index (χ4v) is 3.82. The zero-order valence-electron chi connectivity index (χ0n) is 12.9. The summed E-state index contributed by atoms with van der Waals surface area (Å²) in [4.78, 5) is 2.72. The molecule has 2 aliphatic rings. The van der Waals surface area contributed by atoms with E-state index in [4.69, 9.17) is 0 Å². The van der Waals surface area contributed by atoms with Crippen LogP contribution in [-0.4, -0.2) is 24.0 Å². The third kappa shape index (κ3) is 3.24. The normalized spacial score (nSPS) is 25.8. The Labute approximate surface area is 123 Å². The van der Waals surface area contributed by atoms with E-state index in [1.807, 2.05) is 0 Å². The molecule has 1 aromatic rings. The van der Waals surface area contributed by atoms with Gasteiger partial charge >= 0.3 is 0 Å². The fourth-order valence-electron chi connectivity index (χ4n) is 3.82. The number of hydrogen-bond donors (Lipinski definition) is 1. The lowest BCUT2D eigenvalue weighted by Crippen LogP contribution is -2.32. The van der Waals surface area contributed by atoms with Crippen molar-refractivity contribution >= 4 is 0 Å². The van der Waals surface area contributed by atoms with Crippen molar-refractivity contribution in [3.8, 4) is 0 Å². The van der Waals surface area contributed by atoms with Crippen LogP contribution < -0.4 is 5.32 Å². The van der Waals surface area contributed by atoms with Crippen molar-refractivity contribution in [1.29, 1.82) is 0 Å². The molecule has 1 heterocycles. The lowest BCUT2D eigenvalue weighted by atomic mass is 10.0. The summed E-state index contributed by atoms with van der Waals surface area (Å²) < 4.78 is 0. The van der Waals surface area contributed by atoms with Crippen molar-refractivity contribution < 1.29 is 0 Å². The van der Waals surface area contributed by atoms with Crippen molar-refractivity contribution in [3.05, 3.63) is 35.4 Å². The fraction of sp³-hybridized carbons (Fsp3) is 0.667. The van der Waals surface area contributed by atoms with E-state index in [0.717, 1.165) is 37.5 Å². The molecule has 0 aromatic heterocycles. The van der Waals surface area contributed by atoms with Gasteiger partial charge in [-0.05, 0) is 48.8 Å². The Morgan fingerprint density at radius 3 is 2.65 bits per heavy atom. The van der Waals surface area contributed by atoms with Crippen LogP contribution in [0.1, 0.15) is 44.2 Å². The van der Waals surface area contributed by atoms with E-state index in [2.05, 4.69) is 48.3 Å². The van der Waals surface area contributed by atoms with Gasteiger partial charge in [0.15, 0.2) is 0 Å². The Morgan fingerprint density at radius 1 is 1.20 bits per heavy atom.